The number of fused-ring (bicyclic) bond motifs is 1. The third kappa shape index (κ3) is 4.36. The van der Waals surface area contributed by atoms with Crippen molar-refractivity contribution in [3.05, 3.63) is 41.4 Å². The molecule has 3 aromatic rings. The monoisotopic (exact) mass is 403 g/mol. The Morgan fingerprint density at radius 2 is 1.93 bits per heavy atom. The van der Waals surface area contributed by atoms with Crippen molar-refractivity contribution in [1.29, 1.82) is 0 Å². The van der Waals surface area contributed by atoms with Crippen LogP contribution < -0.4 is 0 Å². The highest BCUT2D eigenvalue weighted by molar-refractivity contribution is 6.74. The molecule has 3 rings (SSSR count). The van der Waals surface area contributed by atoms with Gasteiger partial charge >= 0.3 is 0 Å². The average Bonchev–Trinajstić information content (AvgIpc) is 2.96. The van der Waals surface area contributed by atoms with Gasteiger partial charge in [0.15, 0.2) is 19.8 Å². The van der Waals surface area contributed by atoms with Crippen molar-refractivity contribution < 1.29 is 4.43 Å². The molecular formula is C19H26ClN5OSi. The summed E-state index contributed by atoms with van der Waals surface area (Å²) in [4.78, 5) is 13.4. The smallest absolute Gasteiger partial charge is 0.192 e. The van der Waals surface area contributed by atoms with E-state index in [1.807, 2.05) is 12.1 Å². The van der Waals surface area contributed by atoms with Crippen molar-refractivity contribution >= 4 is 25.6 Å². The summed E-state index contributed by atoms with van der Waals surface area (Å²) >= 11 is 6.02. The van der Waals surface area contributed by atoms with E-state index in [1.54, 1.807) is 23.0 Å². The number of nitrogens with zero attached hydrogens (tertiary/aromatic N) is 5. The van der Waals surface area contributed by atoms with E-state index in [9.17, 15) is 0 Å². The Balaban J connectivity index is 1.82. The van der Waals surface area contributed by atoms with Gasteiger partial charge in [-0.05, 0) is 43.3 Å². The fourth-order valence-corrected chi connectivity index (χ4v) is 4.23. The number of imidazole rings is 1. The lowest BCUT2D eigenvalue weighted by Gasteiger charge is -2.38. The number of hydrogen-bond donors (Lipinski definition) is 0. The minimum absolute atomic E-state index is 0.0865. The fraction of sp³-hybridized carbons (Fsp3) is 0.474. The first-order valence-electron chi connectivity index (χ1n) is 9.07. The Bertz CT molecular complexity index is 951. The number of rotatable bonds is 5. The summed E-state index contributed by atoms with van der Waals surface area (Å²) in [6.07, 6.45) is 4.30. The van der Waals surface area contributed by atoms with Crippen LogP contribution in [0.4, 0.5) is 0 Å². The van der Waals surface area contributed by atoms with Crippen molar-refractivity contribution in [2.45, 2.75) is 58.4 Å². The van der Waals surface area contributed by atoms with Crippen LogP contribution in [0.15, 0.2) is 30.6 Å². The Morgan fingerprint density at radius 1 is 1.19 bits per heavy atom. The molecule has 0 radical (unpaired) electrons. The molecule has 0 amide bonds. The van der Waals surface area contributed by atoms with Crippen LogP contribution >= 0.6 is 11.6 Å². The van der Waals surface area contributed by atoms with E-state index >= 15 is 0 Å². The molecule has 0 aliphatic carbocycles. The molecule has 3 aromatic heterocycles. The fourth-order valence-electron chi connectivity index (χ4n) is 2.65. The van der Waals surface area contributed by atoms with Gasteiger partial charge in [0, 0.05) is 24.4 Å². The molecule has 0 unspecified atom stereocenters. The highest BCUT2D eigenvalue weighted by atomic mass is 35.5. The van der Waals surface area contributed by atoms with Crippen LogP contribution in [-0.4, -0.2) is 39.0 Å². The molecule has 0 fully saturated rings. The van der Waals surface area contributed by atoms with E-state index in [0.29, 0.717) is 22.3 Å². The summed E-state index contributed by atoms with van der Waals surface area (Å²) in [5, 5.41) is 4.88. The van der Waals surface area contributed by atoms with Crippen molar-refractivity contribution in [3.8, 4) is 11.5 Å². The number of halogens is 1. The SMILES string of the molecule is C[C@H](Cc1ccnc(-c2cnc3ccc(Cl)nn23)n1)O[Si](C)(C)C(C)(C)C. The summed E-state index contributed by atoms with van der Waals surface area (Å²) in [7, 11) is -1.81. The maximum absolute atomic E-state index is 6.45. The zero-order valence-corrected chi connectivity index (χ0v) is 18.4. The van der Waals surface area contributed by atoms with Gasteiger partial charge in [-0.1, -0.05) is 32.4 Å². The molecule has 8 heteroatoms. The van der Waals surface area contributed by atoms with Crippen LogP contribution in [0, 0.1) is 0 Å². The van der Waals surface area contributed by atoms with Crippen LogP contribution in [0.3, 0.4) is 0 Å². The molecular weight excluding hydrogens is 378 g/mol. The van der Waals surface area contributed by atoms with E-state index in [4.69, 9.17) is 21.0 Å². The topological polar surface area (TPSA) is 65.2 Å². The van der Waals surface area contributed by atoms with Crippen molar-refractivity contribution in [2.24, 2.45) is 0 Å². The van der Waals surface area contributed by atoms with Crippen molar-refractivity contribution in [1.82, 2.24) is 24.6 Å². The van der Waals surface area contributed by atoms with Crippen LogP contribution in [0.1, 0.15) is 33.4 Å². The lowest BCUT2D eigenvalue weighted by molar-refractivity contribution is 0.198. The van der Waals surface area contributed by atoms with E-state index in [2.05, 4.69) is 55.9 Å². The Hall–Kier alpha value is -1.83. The lowest BCUT2D eigenvalue weighted by Crippen LogP contribution is -2.43. The van der Waals surface area contributed by atoms with Gasteiger partial charge in [0.1, 0.15) is 10.8 Å². The molecule has 3 heterocycles. The molecule has 0 saturated heterocycles. The van der Waals surface area contributed by atoms with Gasteiger partial charge < -0.3 is 4.43 Å². The molecule has 0 aromatic carbocycles. The van der Waals surface area contributed by atoms with Gasteiger partial charge in [-0.25, -0.2) is 19.5 Å². The third-order valence-corrected chi connectivity index (χ3v) is 9.88. The first-order chi connectivity index (χ1) is 12.6. The maximum atomic E-state index is 6.45. The molecule has 0 aliphatic heterocycles. The summed E-state index contributed by atoms with van der Waals surface area (Å²) in [5.41, 5.74) is 2.36. The summed E-state index contributed by atoms with van der Waals surface area (Å²) in [6, 6.07) is 5.46. The minimum Gasteiger partial charge on any atom is -0.414 e. The Labute approximate surface area is 166 Å². The van der Waals surface area contributed by atoms with E-state index in [0.717, 1.165) is 12.1 Å². The quantitative estimate of drug-likeness (QED) is 0.573. The van der Waals surface area contributed by atoms with Gasteiger partial charge in [0.25, 0.3) is 0 Å². The Kier molecular flexibility index (Phi) is 5.38. The minimum atomic E-state index is -1.81. The predicted molar refractivity (Wildman–Crippen MR) is 110 cm³/mol. The van der Waals surface area contributed by atoms with Crippen LogP contribution in [0.25, 0.3) is 17.2 Å². The summed E-state index contributed by atoms with van der Waals surface area (Å²) < 4.78 is 8.12. The average molecular weight is 404 g/mol. The molecule has 27 heavy (non-hydrogen) atoms. The molecule has 1 atom stereocenters. The molecule has 0 bridgehead atoms. The highest BCUT2D eigenvalue weighted by Gasteiger charge is 2.38. The van der Waals surface area contributed by atoms with Crippen LogP contribution in [-0.2, 0) is 10.8 Å². The number of hydrogen-bond acceptors (Lipinski definition) is 5. The maximum Gasteiger partial charge on any atom is 0.192 e. The van der Waals surface area contributed by atoms with Gasteiger partial charge in [-0.15, -0.1) is 0 Å². The largest absolute Gasteiger partial charge is 0.414 e. The second kappa shape index (κ2) is 7.29. The summed E-state index contributed by atoms with van der Waals surface area (Å²) in [5.74, 6) is 0.578. The predicted octanol–water partition coefficient (Wildman–Crippen LogP) is 4.79. The van der Waals surface area contributed by atoms with Crippen molar-refractivity contribution in [3.63, 3.8) is 0 Å². The standard InChI is InChI=1S/C19H26ClN5OSi/c1-13(26-27(5,6)19(2,3)4)11-14-9-10-21-18(23-14)15-12-22-17-8-7-16(20)24-25(15)17/h7-10,12-13H,11H2,1-6H3/t13-/m1/s1. The zero-order chi connectivity index (χ0) is 19.8. The van der Waals surface area contributed by atoms with Gasteiger partial charge in [-0.3, -0.25) is 0 Å². The van der Waals surface area contributed by atoms with Crippen LogP contribution in [0.2, 0.25) is 23.3 Å². The molecule has 0 N–H and O–H groups in total. The second-order valence-electron chi connectivity index (χ2n) is 8.33. The first kappa shape index (κ1) is 19.9. The number of aromatic nitrogens is 5. The second-order valence-corrected chi connectivity index (χ2v) is 13.5. The lowest BCUT2D eigenvalue weighted by atomic mass is 10.2. The Morgan fingerprint density at radius 3 is 2.63 bits per heavy atom. The van der Waals surface area contributed by atoms with Gasteiger partial charge in [-0.2, -0.15) is 5.10 Å². The normalized spacial score (nSPS) is 13.9. The van der Waals surface area contributed by atoms with Gasteiger partial charge in [0.05, 0.1) is 6.20 Å². The van der Waals surface area contributed by atoms with E-state index in [1.165, 1.54) is 0 Å². The van der Waals surface area contributed by atoms with Crippen molar-refractivity contribution in [2.75, 3.05) is 0 Å². The molecule has 0 aliphatic rings. The molecule has 0 saturated carbocycles. The first-order valence-corrected chi connectivity index (χ1v) is 12.4. The van der Waals surface area contributed by atoms with E-state index < -0.39 is 8.32 Å². The van der Waals surface area contributed by atoms with E-state index in [-0.39, 0.29) is 11.1 Å². The third-order valence-electron chi connectivity index (χ3n) is 5.07. The summed E-state index contributed by atoms with van der Waals surface area (Å²) in [6.45, 7) is 13.4. The molecule has 0 spiro atoms. The molecule has 144 valence electrons. The van der Waals surface area contributed by atoms with Gasteiger partial charge in [0.2, 0.25) is 0 Å². The highest BCUT2D eigenvalue weighted by Crippen LogP contribution is 2.37. The van der Waals surface area contributed by atoms with Crippen LogP contribution in [0.5, 0.6) is 0 Å². The zero-order valence-electron chi connectivity index (χ0n) is 16.7. The molecule has 6 nitrogen and oxygen atoms in total.